The number of carboxylic acids is 2. The molecule has 0 saturated carbocycles. The van der Waals surface area contributed by atoms with E-state index in [1.165, 1.54) is 52.8 Å². The highest BCUT2D eigenvalue weighted by Crippen LogP contribution is 2.35. The molecule has 2 atom stereocenters. The minimum absolute atomic E-state index is 0.0319. The van der Waals surface area contributed by atoms with E-state index in [1.54, 1.807) is 0 Å². The summed E-state index contributed by atoms with van der Waals surface area (Å²) in [5.74, 6) is -3.67. The summed E-state index contributed by atoms with van der Waals surface area (Å²) in [7, 11) is 0. The van der Waals surface area contributed by atoms with Gasteiger partial charge in [0.1, 0.15) is 5.75 Å². The predicted molar refractivity (Wildman–Crippen MR) is 117 cm³/mol. The second-order valence-electron chi connectivity index (χ2n) is 8.81. The van der Waals surface area contributed by atoms with Crippen molar-refractivity contribution in [2.45, 2.75) is 59.7 Å². The number of hydrogen-bond acceptors (Lipinski definition) is 10. The number of carbonyl (C=O) groups is 5. The second-order valence-corrected chi connectivity index (χ2v) is 9.49. The van der Waals surface area contributed by atoms with Crippen LogP contribution in [-0.4, -0.2) is 50.8 Å². The predicted octanol–water partition coefficient (Wildman–Crippen LogP) is 0.410. The lowest BCUT2D eigenvalue weighted by molar-refractivity contribution is -0.322. The highest BCUT2D eigenvalue weighted by Gasteiger charge is 2.34. The summed E-state index contributed by atoms with van der Waals surface area (Å²) in [6, 6.07) is 3.72. The maximum absolute atomic E-state index is 10.9. The van der Waals surface area contributed by atoms with Gasteiger partial charge in [0, 0.05) is 18.1 Å². The lowest BCUT2D eigenvalue weighted by atomic mass is 9.74. The van der Waals surface area contributed by atoms with Crippen LogP contribution in [0.5, 0.6) is 5.75 Å². The summed E-state index contributed by atoms with van der Waals surface area (Å²) < 4.78 is 4.74. The molecular weight excluding hydrogens is 495 g/mol. The van der Waals surface area contributed by atoms with Crippen molar-refractivity contribution in [3.63, 3.8) is 0 Å². The van der Waals surface area contributed by atoms with Gasteiger partial charge < -0.3 is 34.8 Å². The van der Waals surface area contributed by atoms with E-state index >= 15 is 0 Å². The molecule has 0 aliphatic rings. The number of esters is 1. The highest BCUT2D eigenvalue weighted by molar-refractivity contribution is 6.69. The van der Waals surface area contributed by atoms with Crippen LogP contribution in [0.4, 0.5) is 0 Å². The van der Waals surface area contributed by atoms with Gasteiger partial charge in [0.15, 0.2) is 0 Å². The van der Waals surface area contributed by atoms with Gasteiger partial charge in [0.05, 0.1) is 24.1 Å². The zero-order valence-corrected chi connectivity index (χ0v) is 20.7. The van der Waals surface area contributed by atoms with E-state index in [0.29, 0.717) is 0 Å². The summed E-state index contributed by atoms with van der Waals surface area (Å²) in [5.41, 5.74) is -1.88. The van der Waals surface area contributed by atoms with E-state index < -0.39 is 51.4 Å². The Labute approximate surface area is 206 Å². The number of rotatable bonds is 10. The third-order valence-electron chi connectivity index (χ3n) is 4.96. The zero-order chi connectivity index (χ0) is 27.0. The maximum atomic E-state index is 10.9. The molecule has 0 aliphatic heterocycles. The summed E-state index contributed by atoms with van der Waals surface area (Å²) >= 11 is 10.5. The first kappa shape index (κ1) is 31.5. The van der Waals surface area contributed by atoms with Crippen molar-refractivity contribution in [1.29, 1.82) is 0 Å². The van der Waals surface area contributed by atoms with Crippen LogP contribution in [0, 0.1) is 10.8 Å². The molecule has 0 aliphatic carbocycles. The normalized spacial score (nSPS) is 13.1. The van der Waals surface area contributed by atoms with Crippen LogP contribution in [0.15, 0.2) is 18.2 Å². The molecule has 0 bridgehead atoms. The monoisotopic (exact) mass is 520 g/mol. The first-order chi connectivity index (χ1) is 15.3. The van der Waals surface area contributed by atoms with Crippen LogP contribution in [0.1, 0.15) is 68.2 Å². The number of carboxylic acid groups (broad SMARTS) is 2. The standard InChI is InChI=1S/C12H22O6.C10H6Cl2O4/c1-11(2,7(13)9(15)16)5-6-12(3,4)8(14)10(17)18;1-5(13)16-8-3-6(9(11)14)2-7(4-8)10(12)15/h7-8,13-14H,5-6H2,1-4H3,(H,15,16)(H,17,18);2-4H,1H3/p-2. The maximum Gasteiger partial charge on any atom is 0.308 e. The molecule has 10 nitrogen and oxygen atoms in total. The quantitative estimate of drug-likeness (QED) is 0.249. The molecule has 34 heavy (non-hydrogen) atoms. The lowest BCUT2D eigenvalue weighted by Gasteiger charge is -2.37. The fourth-order valence-corrected chi connectivity index (χ4v) is 2.82. The molecule has 12 heteroatoms. The van der Waals surface area contributed by atoms with Crippen molar-refractivity contribution in [1.82, 2.24) is 0 Å². The van der Waals surface area contributed by atoms with Gasteiger partial charge in [0.25, 0.3) is 10.5 Å². The van der Waals surface area contributed by atoms with Gasteiger partial charge in [-0.1, -0.05) is 27.7 Å². The average molecular weight is 521 g/mol. The van der Waals surface area contributed by atoms with Gasteiger partial charge in [-0.3, -0.25) is 14.4 Å². The van der Waals surface area contributed by atoms with Crippen molar-refractivity contribution in [3.8, 4) is 5.75 Å². The second kappa shape index (κ2) is 12.8. The molecule has 0 spiro atoms. The first-order valence-corrected chi connectivity index (χ1v) is 10.6. The molecule has 1 aromatic rings. The molecule has 0 fully saturated rings. The van der Waals surface area contributed by atoms with Crippen LogP contribution in [0.2, 0.25) is 0 Å². The van der Waals surface area contributed by atoms with Gasteiger partial charge in [-0.05, 0) is 65.1 Å². The minimum atomic E-state index is -1.65. The third-order valence-corrected chi connectivity index (χ3v) is 5.40. The molecule has 2 unspecified atom stereocenters. The molecule has 1 aromatic carbocycles. The molecule has 2 N–H and O–H groups in total. The zero-order valence-electron chi connectivity index (χ0n) is 19.2. The molecule has 1 rings (SSSR count). The van der Waals surface area contributed by atoms with Gasteiger partial charge >= 0.3 is 5.97 Å². The van der Waals surface area contributed by atoms with E-state index in [4.69, 9.17) is 27.9 Å². The average Bonchev–Trinajstić information content (AvgIpc) is 2.70. The Morgan fingerprint density at radius 2 is 1.15 bits per heavy atom. The molecule has 0 amide bonds. The van der Waals surface area contributed by atoms with E-state index in [9.17, 15) is 44.4 Å². The van der Waals surface area contributed by atoms with E-state index in [2.05, 4.69) is 0 Å². The smallest absolute Gasteiger partial charge is 0.308 e. The Hall–Kier alpha value is -2.53. The Kier molecular flexibility index (Phi) is 11.8. The number of aliphatic hydroxyl groups is 2. The number of hydrogen-bond donors (Lipinski definition) is 2. The third kappa shape index (κ3) is 10.2. The van der Waals surface area contributed by atoms with Crippen molar-refractivity contribution in [2.75, 3.05) is 0 Å². The van der Waals surface area contributed by atoms with Gasteiger partial charge in [-0.2, -0.15) is 0 Å². The Morgan fingerprint density at radius 1 is 0.824 bits per heavy atom. The van der Waals surface area contributed by atoms with E-state index in [0.717, 1.165) is 0 Å². The van der Waals surface area contributed by atoms with Crippen LogP contribution < -0.4 is 14.9 Å². The summed E-state index contributed by atoms with van der Waals surface area (Å²) in [4.78, 5) is 53.8. The molecule has 190 valence electrons. The Bertz CT molecular complexity index is 875. The first-order valence-electron chi connectivity index (χ1n) is 9.83. The van der Waals surface area contributed by atoms with Crippen molar-refractivity contribution < 1.29 is 49.1 Å². The highest BCUT2D eigenvalue weighted by atomic mass is 35.5. The lowest BCUT2D eigenvalue weighted by Crippen LogP contribution is -2.47. The van der Waals surface area contributed by atoms with Crippen molar-refractivity contribution in [2.24, 2.45) is 10.8 Å². The van der Waals surface area contributed by atoms with Crippen LogP contribution in [0.25, 0.3) is 0 Å². The fourth-order valence-electron chi connectivity index (χ4n) is 2.61. The van der Waals surface area contributed by atoms with Crippen LogP contribution >= 0.6 is 23.2 Å². The number of aliphatic carboxylic acids is 2. The Balaban J connectivity index is 0.000000644. The number of aliphatic hydroxyl groups excluding tert-OH is 2. The van der Waals surface area contributed by atoms with Gasteiger partial charge in [-0.25, -0.2) is 0 Å². The molecule has 0 radical (unpaired) electrons. The van der Waals surface area contributed by atoms with Crippen LogP contribution in [0.3, 0.4) is 0 Å². The minimum Gasteiger partial charge on any atom is -0.547 e. The van der Waals surface area contributed by atoms with Crippen molar-refractivity contribution in [3.05, 3.63) is 29.3 Å². The summed E-state index contributed by atoms with van der Waals surface area (Å²) in [5, 5.41) is 38.5. The topological polar surface area (TPSA) is 181 Å². The van der Waals surface area contributed by atoms with Gasteiger partial charge in [0.2, 0.25) is 0 Å². The van der Waals surface area contributed by atoms with E-state index in [1.807, 2.05) is 0 Å². The van der Waals surface area contributed by atoms with Crippen molar-refractivity contribution >= 4 is 51.6 Å². The molecule has 0 saturated heterocycles. The number of ether oxygens (including phenoxy) is 1. The molecule has 0 heterocycles. The van der Waals surface area contributed by atoms with Gasteiger partial charge in [-0.15, -0.1) is 0 Å². The summed E-state index contributed by atoms with van der Waals surface area (Å²) in [6.45, 7) is 7.34. The Morgan fingerprint density at radius 3 is 1.38 bits per heavy atom. The molecular formula is C22H26Cl2O10-2. The fraction of sp³-hybridized carbons (Fsp3) is 0.500. The number of halogens is 2. The largest absolute Gasteiger partial charge is 0.547 e. The number of carbonyl (C=O) groups excluding carboxylic acids is 5. The van der Waals surface area contributed by atoms with Crippen LogP contribution in [-0.2, 0) is 14.4 Å². The SMILES string of the molecule is CC(=O)Oc1cc(C(=O)Cl)cc(C(=O)Cl)c1.CC(C)(CCC(C)(C)C(O)C(=O)[O-])C(O)C(=O)[O-]. The summed E-state index contributed by atoms with van der Waals surface area (Å²) in [6.07, 6.45) is -2.85. The van der Waals surface area contributed by atoms with E-state index in [-0.39, 0.29) is 29.7 Å². The number of benzene rings is 1. The molecule has 0 aromatic heterocycles.